The second kappa shape index (κ2) is 11.5. The van der Waals surface area contributed by atoms with E-state index in [2.05, 4.69) is 13.2 Å². The van der Waals surface area contributed by atoms with Gasteiger partial charge >= 0.3 is 5.97 Å². The molecule has 4 aliphatic rings. The number of unbranched alkanes of at least 4 members (excludes halogenated alkanes) is 1. The standard InChI is InChI=1S/C27H40N2O5S/c1-3-5-9-18-34-26(33)21-20-13-14-27(35-20)22(21)24(31)29(16-10-17-30)23(27)25(32)28(15-4-2)19-11-7-6-8-12-19/h3-4,19-23,30H,1-2,5-18H2/t20-,21+,22-,23?,27?/m0/s1. The number of ether oxygens (including phenoxy) is 1. The summed E-state index contributed by atoms with van der Waals surface area (Å²) in [5.41, 5.74) is 0. The third kappa shape index (κ3) is 4.80. The molecule has 4 fully saturated rings. The van der Waals surface area contributed by atoms with Crippen LogP contribution in [0.4, 0.5) is 0 Å². The molecule has 1 N–H and O–H groups in total. The average Bonchev–Trinajstić information content (AvgIpc) is 3.51. The molecule has 3 heterocycles. The summed E-state index contributed by atoms with van der Waals surface area (Å²) in [6.45, 7) is 8.65. The SMILES string of the molecule is C=CCCCOC(=O)[C@@H]1[C@@H]2CCC3(S2)C(C(=O)N(CC=C)C2CCCCC2)N(CCCO)C(=O)[C@H]13. The molecule has 194 valence electrons. The van der Waals surface area contributed by atoms with E-state index in [1.165, 1.54) is 6.42 Å². The maximum atomic E-state index is 14.3. The highest BCUT2D eigenvalue weighted by Crippen LogP contribution is 2.66. The minimum Gasteiger partial charge on any atom is -0.465 e. The predicted octanol–water partition coefficient (Wildman–Crippen LogP) is 3.32. The van der Waals surface area contributed by atoms with Gasteiger partial charge in [-0.25, -0.2) is 0 Å². The molecule has 1 spiro atoms. The van der Waals surface area contributed by atoms with Crippen molar-refractivity contribution in [3.63, 3.8) is 0 Å². The summed E-state index contributed by atoms with van der Waals surface area (Å²) >= 11 is 1.67. The number of amides is 2. The topological polar surface area (TPSA) is 87.2 Å². The zero-order valence-corrected chi connectivity index (χ0v) is 21.6. The molecule has 3 aliphatic heterocycles. The molecule has 2 amide bonds. The Morgan fingerprint density at radius 3 is 2.63 bits per heavy atom. The number of rotatable bonds is 12. The number of thioether (sulfide) groups is 1. The van der Waals surface area contributed by atoms with Crippen molar-refractivity contribution >= 4 is 29.5 Å². The van der Waals surface area contributed by atoms with E-state index in [4.69, 9.17) is 4.74 Å². The first-order valence-electron chi connectivity index (χ1n) is 13.3. The Balaban J connectivity index is 1.63. The molecule has 0 aromatic rings. The summed E-state index contributed by atoms with van der Waals surface area (Å²) in [4.78, 5) is 45.0. The van der Waals surface area contributed by atoms with Gasteiger partial charge in [0.25, 0.3) is 0 Å². The normalized spacial score (nSPS) is 31.9. The minimum atomic E-state index is -0.609. The molecule has 2 unspecified atom stereocenters. The Kier molecular flexibility index (Phi) is 8.63. The van der Waals surface area contributed by atoms with Gasteiger partial charge in [0, 0.05) is 31.0 Å². The van der Waals surface area contributed by atoms with Gasteiger partial charge in [-0.15, -0.1) is 24.9 Å². The number of allylic oxidation sites excluding steroid dienone is 1. The summed E-state index contributed by atoms with van der Waals surface area (Å²) in [5.74, 6) is -1.50. The molecule has 8 heteroatoms. The van der Waals surface area contributed by atoms with Crippen molar-refractivity contribution in [2.24, 2.45) is 11.8 Å². The van der Waals surface area contributed by atoms with Gasteiger partial charge in [0.1, 0.15) is 6.04 Å². The van der Waals surface area contributed by atoms with Crippen molar-refractivity contribution in [2.75, 3.05) is 26.3 Å². The molecule has 5 atom stereocenters. The van der Waals surface area contributed by atoms with Crippen LogP contribution in [0.3, 0.4) is 0 Å². The maximum absolute atomic E-state index is 14.3. The first-order valence-corrected chi connectivity index (χ1v) is 14.2. The van der Waals surface area contributed by atoms with E-state index in [-0.39, 0.29) is 35.7 Å². The van der Waals surface area contributed by atoms with Crippen LogP contribution in [0, 0.1) is 11.8 Å². The molecule has 1 aliphatic carbocycles. The van der Waals surface area contributed by atoms with Crippen LogP contribution in [-0.2, 0) is 19.1 Å². The fourth-order valence-corrected chi connectivity index (χ4v) is 8.99. The summed E-state index contributed by atoms with van der Waals surface area (Å²) in [7, 11) is 0. The van der Waals surface area contributed by atoms with Gasteiger partial charge in [-0.2, -0.15) is 0 Å². The lowest BCUT2D eigenvalue weighted by molar-refractivity contribution is -0.154. The van der Waals surface area contributed by atoms with Crippen LogP contribution in [0.2, 0.25) is 0 Å². The van der Waals surface area contributed by atoms with Crippen molar-refractivity contribution < 1.29 is 24.2 Å². The lowest BCUT2D eigenvalue weighted by Crippen LogP contribution is -2.57. The second-order valence-electron chi connectivity index (χ2n) is 10.3. The van der Waals surface area contributed by atoms with E-state index in [0.29, 0.717) is 32.5 Å². The van der Waals surface area contributed by atoms with Crippen LogP contribution in [0.1, 0.15) is 64.2 Å². The van der Waals surface area contributed by atoms with E-state index in [9.17, 15) is 19.5 Å². The van der Waals surface area contributed by atoms with Gasteiger partial charge in [0.2, 0.25) is 11.8 Å². The van der Waals surface area contributed by atoms with Crippen LogP contribution >= 0.6 is 11.8 Å². The van der Waals surface area contributed by atoms with Crippen LogP contribution in [-0.4, -0.2) is 81.1 Å². The van der Waals surface area contributed by atoms with Crippen LogP contribution in [0.5, 0.6) is 0 Å². The third-order valence-corrected chi connectivity index (χ3v) is 10.2. The molecule has 0 radical (unpaired) electrons. The molecular weight excluding hydrogens is 464 g/mol. The number of fused-ring (bicyclic) bond motifs is 1. The Labute approximate surface area is 213 Å². The number of hydrogen-bond donors (Lipinski definition) is 1. The summed E-state index contributed by atoms with van der Waals surface area (Å²) < 4.78 is 5.00. The van der Waals surface area contributed by atoms with Crippen molar-refractivity contribution in [3.8, 4) is 0 Å². The second-order valence-corrected chi connectivity index (χ2v) is 11.9. The smallest absolute Gasteiger partial charge is 0.310 e. The summed E-state index contributed by atoms with van der Waals surface area (Å²) in [5, 5.41) is 9.52. The van der Waals surface area contributed by atoms with Crippen LogP contribution in [0.25, 0.3) is 0 Å². The van der Waals surface area contributed by atoms with E-state index in [1.807, 2.05) is 4.90 Å². The van der Waals surface area contributed by atoms with E-state index in [1.54, 1.807) is 28.8 Å². The number of carbonyl (C=O) groups is 3. The summed E-state index contributed by atoms with van der Waals surface area (Å²) in [6.07, 6.45) is 12.4. The number of esters is 1. The highest BCUT2D eigenvalue weighted by molar-refractivity contribution is 8.02. The first kappa shape index (κ1) is 26.3. The fraction of sp³-hybridized carbons (Fsp3) is 0.741. The van der Waals surface area contributed by atoms with Gasteiger partial charge in [0.05, 0.1) is 23.2 Å². The molecule has 3 saturated heterocycles. The Hall–Kier alpha value is -1.80. The third-order valence-electron chi connectivity index (χ3n) is 8.28. The molecule has 4 rings (SSSR count). The van der Waals surface area contributed by atoms with Crippen molar-refractivity contribution in [3.05, 3.63) is 25.3 Å². The monoisotopic (exact) mass is 504 g/mol. The molecule has 0 aromatic heterocycles. The van der Waals surface area contributed by atoms with Gasteiger partial charge in [-0.3, -0.25) is 14.4 Å². The maximum Gasteiger partial charge on any atom is 0.310 e. The molecular formula is C27H40N2O5S. The van der Waals surface area contributed by atoms with Gasteiger partial charge in [-0.05, 0) is 44.9 Å². The van der Waals surface area contributed by atoms with Crippen molar-refractivity contribution in [1.82, 2.24) is 9.80 Å². The Bertz CT molecular complexity index is 828. The van der Waals surface area contributed by atoms with Crippen molar-refractivity contribution in [1.29, 1.82) is 0 Å². The zero-order chi connectivity index (χ0) is 25.0. The number of nitrogens with zero attached hydrogens (tertiary/aromatic N) is 2. The average molecular weight is 505 g/mol. The number of aliphatic hydroxyl groups is 1. The number of aliphatic hydroxyl groups excluding tert-OH is 1. The zero-order valence-electron chi connectivity index (χ0n) is 20.7. The van der Waals surface area contributed by atoms with Crippen LogP contribution in [0.15, 0.2) is 25.3 Å². The minimum absolute atomic E-state index is 0.00804. The molecule has 0 aromatic carbocycles. The molecule has 2 bridgehead atoms. The molecule has 1 saturated carbocycles. The largest absolute Gasteiger partial charge is 0.465 e. The lowest BCUT2D eigenvalue weighted by atomic mass is 9.71. The lowest BCUT2D eigenvalue weighted by Gasteiger charge is -2.41. The fourth-order valence-electron chi connectivity index (χ4n) is 6.79. The van der Waals surface area contributed by atoms with Crippen LogP contribution < -0.4 is 0 Å². The van der Waals surface area contributed by atoms with Gasteiger partial charge < -0.3 is 19.6 Å². The molecule has 35 heavy (non-hydrogen) atoms. The highest BCUT2D eigenvalue weighted by atomic mass is 32.2. The number of carbonyl (C=O) groups excluding carboxylic acids is 3. The predicted molar refractivity (Wildman–Crippen MR) is 137 cm³/mol. The van der Waals surface area contributed by atoms with E-state index < -0.39 is 22.6 Å². The number of hydrogen-bond acceptors (Lipinski definition) is 6. The molecule has 7 nitrogen and oxygen atoms in total. The number of likely N-dealkylation sites (tertiary alicyclic amines) is 1. The van der Waals surface area contributed by atoms with E-state index in [0.717, 1.165) is 44.9 Å². The Morgan fingerprint density at radius 2 is 1.94 bits per heavy atom. The van der Waals surface area contributed by atoms with E-state index >= 15 is 0 Å². The highest BCUT2D eigenvalue weighted by Gasteiger charge is 2.74. The van der Waals surface area contributed by atoms with Gasteiger partial charge in [-0.1, -0.05) is 31.4 Å². The summed E-state index contributed by atoms with van der Waals surface area (Å²) in [6, 6.07) is -0.448. The van der Waals surface area contributed by atoms with Crippen molar-refractivity contribution in [2.45, 2.75) is 86.3 Å². The Morgan fingerprint density at radius 1 is 1.17 bits per heavy atom. The quantitative estimate of drug-likeness (QED) is 0.249. The van der Waals surface area contributed by atoms with Gasteiger partial charge in [0.15, 0.2) is 0 Å². The first-order chi connectivity index (χ1) is 17.0.